The number of aryl methyl sites for hydroxylation is 1. The van der Waals surface area contributed by atoms with E-state index in [0.717, 1.165) is 28.6 Å². The van der Waals surface area contributed by atoms with Crippen LogP contribution in [0.5, 0.6) is 0 Å². The van der Waals surface area contributed by atoms with Gasteiger partial charge in [-0.1, -0.05) is 29.8 Å². The second-order valence-electron chi connectivity index (χ2n) is 4.13. The van der Waals surface area contributed by atoms with Gasteiger partial charge in [-0.2, -0.15) is 0 Å². The first-order valence-electron chi connectivity index (χ1n) is 5.51. The molecule has 0 saturated carbocycles. The molecule has 1 N–H and O–H groups in total. The summed E-state index contributed by atoms with van der Waals surface area (Å²) in [6, 6.07) is 2.02. The molecule has 1 heterocycles. The summed E-state index contributed by atoms with van der Waals surface area (Å²) >= 11 is 4.96. The fourth-order valence-electron chi connectivity index (χ4n) is 1.36. The molecule has 0 fully saturated rings. The van der Waals surface area contributed by atoms with Crippen molar-refractivity contribution in [2.75, 3.05) is 5.33 Å². The fourth-order valence-corrected chi connectivity index (χ4v) is 2.79. The molecule has 1 rings (SSSR count). The lowest BCUT2D eigenvalue weighted by Gasteiger charge is -2.27. The van der Waals surface area contributed by atoms with Gasteiger partial charge in [0.05, 0.1) is 4.88 Å². The summed E-state index contributed by atoms with van der Waals surface area (Å²) in [6.45, 7) is 6.21. The molecule has 0 aliphatic heterocycles. The molecule has 4 heteroatoms. The van der Waals surface area contributed by atoms with Gasteiger partial charge in [0.2, 0.25) is 0 Å². The van der Waals surface area contributed by atoms with E-state index in [9.17, 15) is 4.79 Å². The van der Waals surface area contributed by atoms with Gasteiger partial charge in [0.15, 0.2) is 0 Å². The van der Waals surface area contributed by atoms with Crippen LogP contribution in [-0.2, 0) is 6.42 Å². The highest BCUT2D eigenvalue weighted by Gasteiger charge is 2.24. The van der Waals surface area contributed by atoms with Crippen molar-refractivity contribution in [1.82, 2.24) is 5.32 Å². The van der Waals surface area contributed by atoms with E-state index < -0.39 is 0 Å². The molecule has 0 bridgehead atoms. The van der Waals surface area contributed by atoms with E-state index in [0.29, 0.717) is 0 Å². The number of hydrogen-bond donors (Lipinski definition) is 1. The Morgan fingerprint density at radius 3 is 2.75 bits per heavy atom. The van der Waals surface area contributed by atoms with Gasteiger partial charge in [-0.25, -0.2) is 0 Å². The van der Waals surface area contributed by atoms with Gasteiger partial charge in [0.25, 0.3) is 5.91 Å². The molecule has 0 aliphatic carbocycles. The van der Waals surface area contributed by atoms with Gasteiger partial charge in [-0.3, -0.25) is 4.79 Å². The predicted octanol–water partition coefficient (Wildman–Crippen LogP) is 3.60. The van der Waals surface area contributed by atoms with Crippen molar-refractivity contribution in [1.29, 1.82) is 0 Å². The molecule has 90 valence electrons. The Labute approximate surface area is 110 Å². The third kappa shape index (κ3) is 3.08. The summed E-state index contributed by atoms with van der Waals surface area (Å²) in [5, 5.41) is 5.84. The van der Waals surface area contributed by atoms with E-state index in [2.05, 4.69) is 42.0 Å². The molecule has 1 unspecified atom stereocenters. The topological polar surface area (TPSA) is 29.1 Å². The fraction of sp³-hybridized carbons (Fsp3) is 0.583. The lowest BCUT2D eigenvalue weighted by molar-refractivity contribution is 0.0917. The number of carbonyl (C=O) groups excluding carboxylic acids is 1. The van der Waals surface area contributed by atoms with Gasteiger partial charge >= 0.3 is 0 Å². The number of nitrogens with one attached hydrogen (secondary N) is 1. The van der Waals surface area contributed by atoms with E-state index in [1.54, 1.807) is 0 Å². The molecule has 0 aliphatic rings. The van der Waals surface area contributed by atoms with Crippen LogP contribution in [0.1, 0.15) is 42.4 Å². The normalized spacial score (nSPS) is 14.5. The molecule has 16 heavy (non-hydrogen) atoms. The number of hydrogen-bond acceptors (Lipinski definition) is 2. The number of amides is 1. The molecule has 0 radical (unpaired) electrons. The Morgan fingerprint density at radius 2 is 2.25 bits per heavy atom. The van der Waals surface area contributed by atoms with Crippen LogP contribution >= 0.6 is 27.3 Å². The average Bonchev–Trinajstić information content (AvgIpc) is 2.76. The second-order valence-corrected chi connectivity index (χ2v) is 5.61. The zero-order chi connectivity index (χ0) is 12.2. The Balaban J connectivity index is 2.80. The smallest absolute Gasteiger partial charge is 0.262 e. The van der Waals surface area contributed by atoms with Crippen LogP contribution in [0.15, 0.2) is 11.4 Å². The molecule has 1 aromatic rings. The van der Waals surface area contributed by atoms with Gasteiger partial charge < -0.3 is 5.32 Å². The molecule has 1 amide bonds. The Bertz CT molecular complexity index is 358. The van der Waals surface area contributed by atoms with Crippen molar-refractivity contribution in [3.63, 3.8) is 0 Å². The van der Waals surface area contributed by atoms with Crippen molar-refractivity contribution >= 4 is 33.2 Å². The SMILES string of the molecule is CCc1ccsc1C(=O)NC(C)(CC)CBr. The van der Waals surface area contributed by atoms with Crippen LogP contribution in [0.25, 0.3) is 0 Å². The summed E-state index contributed by atoms with van der Waals surface area (Å²) in [6.07, 6.45) is 1.82. The van der Waals surface area contributed by atoms with Crippen molar-refractivity contribution in [3.8, 4) is 0 Å². The highest BCUT2D eigenvalue weighted by Crippen LogP contribution is 2.20. The zero-order valence-corrected chi connectivity index (χ0v) is 12.4. The van der Waals surface area contributed by atoms with Crippen molar-refractivity contribution in [2.45, 2.75) is 39.2 Å². The second kappa shape index (κ2) is 5.82. The number of rotatable bonds is 5. The highest BCUT2D eigenvalue weighted by molar-refractivity contribution is 9.09. The quantitative estimate of drug-likeness (QED) is 0.827. The summed E-state index contributed by atoms with van der Waals surface area (Å²) in [5.41, 5.74) is 0.974. The van der Waals surface area contributed by atoms with Gasteiger partial charge in [-0.15, -0.1) is 11.3 Å². The van der Waals surface area contributed by atoms with Crippen LogP contribution < -0.4 is 5.32 Å². The first-order chi connectivity index (χ1) is 7.56. The summed E-state index contributed by atoms with van der Waals surface area (Å²) < 4.78 is 0. The van der Waals surface area contributed by atoms with Gasteiger partial charge in [0.1, 0.15) is 0 Å². The Hall–Kier alpha value is -0.350. The molecule has 1 atom stereocenters. The third-order valence-electron chi connectivity index (χ3n) is 2.82. The number of carbonyl (C=O) groups is 1. The Morgan fingerprint density at radius 1 is 1.56 bits per heavy atom. The van der Waals surface area contributed by atoms with E-state index in [1.165, 1.54) is 11.3 Å². The summed E-state index contributed by atoms with van der Waals surface area (Å²) in [5.74, 6) is 0.0515. The van der Waals surface area contributed by atoms with Crippen molar-refractivity contribution in [2.24, 2.45) is 0 Å². The van der Waals surface area contributed by atoms with Crippen LogP contribution in [0.2, 0.25) is 0 Å². The number of alkyl halides is 1. The van der Waals surface area contributed by atoms with Crippen LogP contribution in [0, 0.1) is 0 Å². The van der Waals surface area contributed by atoms with Crippen molar-refractivity contribution in [3.05, 3.63) is 21.9 Å². The van der Waals surface area contributed by atoms with Crippen LogP contribution in [-0.4, -0.2) is 16.8 Å². The molecular weight excluding hydrogens is 286 g/mol. The first-order valence-corrected chi connectivity index (χ1v) is 7.51. The summed E-state index contributed by atoms with van der Waals surface area (Å²) in [4.78, 5) is 12.9. The zero-order valence-electron chi connectivity index (χ0n) is 9.97. The maximum absolute atomic E-state index is 12.1. The van der Waals surface area contributed by atoms with E-state index in [-0.39, 0.29) is 11.4 Å². The van der Waals surface area contributed by atoms with E-state index in [1.807, 2.05) is 11.4 Å². The monoisotopic (exact) mass is 303 g/mol. The van der Waals surface area contributed by atoms with Gasteiger partial charge in [-0.05, 0) is 36.8 Å². The lowest BCUT2D eigenvalue weighted by Crippen LogP contribution is -2.46. The van der Waals surface area contributed by atoms with Crippen LogP contribution in [0.4, 0.5) is 0 Å². The third-order valence-corrected chi connectivity index (χ3v) is 5.02. The standard InChI is InChI=1S/C12H18BrNOS/c1-4-9-6-7-16-10(9)11(15)14-12(3,5-2)8-13/h6-7H,4-5,8H2,1-3H3,(H,14,15). The lowest BCUT2D eigenvalue weighted by atomic mass is 10.0. The molecule has 0 saturated heterocycles. The minimum absolute atomic E-state index is 0.0515. The van der Waals surface area contributed by atoms with E-state index >= 15 is 0 Å². The van der Waals surface area contributed by atoms with E-state index in [4.69, 9.17) is 0 Å². The highest BCUT2D eigenvalue weighted by atomic mass is 79.9. The Kier molecular flexibility index (Phi) is 4.99. The van der Waals surface area contributed by atoms with Crippen molar-refractivity contribution < 1.29 is 4.79 Å². The van der Waals surface area contributed by atoms with Crippen LogP contribution in [0.3, 0.4) is 0 Å². The van der Waals surface area contributed by atoms with Gasteiger partial charge in [0, 0.05) is 10.9 Å². The molecular formula is C12H18BrNOS. The number of thiophene rings is 1. The largest absolute Gasteiger partial charge is 0.345 e. The molecule has 2 nitrogen and oxygen atoms in total. The molecule has 1 aromatic heterocycles. The minimum Gasteiger partial charge on any atom is -0.345 e. The molecule has 0 aromatic carbocycles. The first kappa shape index (κ1) is 13.7. The maximum Gasteiger partial charge on any atom is 0.262 e. The molecule has 0 spiro atoms. The number of halogens is 1. The maximum atomic E-state index is 12.1. The summed E-state index contributed by atoms with van der Waals surface area (Å²) in [7, 11) is 0. The predicted molar refractivity (Wildman–Crippen MR) is 73.7 cm³/mol. The minimum atomic E-state index is -0.161. The average molecular weight is 304 g/mol.